The molecule has 0 bridgehead atoms. The van der Waals surface area contributed by atoms with E-state index < -0.39 is 0 Å². The van der Waals surface area contributed by atoms with Gasteiger partial charge in [0.05, 0.1) is 23.5 Å². The van der Waals surface area contributed by atoms with Crippen LogP contribution < -0.4 is 0 Å². The number of aryl methyl sites for hydroxylation is 1. The number of rotatable bonds is 1. The van der Waals surface area contributed by atoms with Gasteiger partial charge in [0.15, 0.2) is 0 Å². The zero-order chi connectivity index (χ0) is 13.7. The van der Waals surface area contributed by atoms with Crippen LogP contribution in [0.1, 0.15) is 5.56 Å². The lowest BCUT2D eigenvalue weighted by Gasteiger charge is -2.05. The van der Waals surface area contributed by atoms with Crippen molar-refractivity contribution in [2.75, 3.05) is 0 Å². The van der Waals surface area contributed by atoms with Crippen LogP contribution in [0.3, 0.4) is 0 Å². The number of fused-ring (bicyclic) bond motifs is 2. The third kappa shape index (κ3) is 1.67. The zero-order valence-corrected chi connectivity index (χ0v) is 12.9. The lowest BCUT2D eigenvalue weighted by Crippen LogP contribution is -1.86. The minimum absolute atomic E-state index is 0.841. The largest absolute Gasteiger partial charge is 0.173 e. The number of aromatic nitrogens is 4. The molecule has 0 aliphatic heterocycles. The quantitative estimate of drug-likeness (QED) is 0.540. The molecular weight excluding hydrogens is 308 g/mol. The van der Waals surface area contributed by atoms with Crippen molar-refractivity contribution in [3.63, 3.8) is 0 Å². The Morgan fingerprint density at radius 1 is 0.750 bits per heavy atom. The second-order valence-corrected chi connectivity index (χ2v) is 6.02. The highest BCUT2D eigenvalue weighted by Gasteiger charge is 2.15. The normalized spacial score (nSPS) is 11.5. The van der Waals surface area contributed by atoms with E-state index in [0.717, 1.165) is 43.7 Å². The minimum Gasteiger partial charge on any atom is -0.173 e. The van der Waals surface area contributed by atoms with Crippen molar-refractivity contribution >= 4 is 58.2 Å². The molecule has 0 spiro atoms. The van der Waals surface area contributed by atoms with E-state index in [-0.39, 0.29) is 0 Å². The summed E-state index contributed by atoms with van der Waals surface area (Å²) >= 11 is 6.87. The van der Waals surface area contributed by atoms with Gasteiger partial charge in [-0.05, 0) is 18.6 Å². The molecule has 2 aromatic heterocycles. The van der Waals surface area contributed by atoms with Crippen LogP contribution in [0.25, 0.3) is 33.2 Å². The first-order valence-corrected chi connectivity index (χ1v) is 7.83. The van der Waals surface area contributed by atoms with Gasteiger partial charge >= 0.3 is 0 Å². The second-order valence-electron chi connectivity index (χ2n) is 4.49. The predicted octanol–water partition coefficient (Wildman–Crippen LogP) is 3.96. The van der Waals surface area contributed by atoms with E-state index in [1.165, 1.54) is 23.5 Å². The Labute approximate surface area is 128 Å². The van der Waals surface area contributed by atoms with Crippen LogP contribution in [0, 0.1) is 6.92 Å². The average Bonchev–Trinajstić information content (AvgIpc) is 3.09. The van der Waals surface area contributed by atoms with E-state index in [2.05, 4.69) is 42.3 Å². The first-order chi connectivity index (χ1) is 9.75. The summed E-state index contributed by atoms with van der Waals surface area (Å²) in [6, 6.07) is 8.12. The van der Waals surface area contributed by atoms with Crippen LogP contribution in [0.4, 0.5) is 0 Å². The molecule has 0 unspecified atom stereocenters. The molecule has 0 saturated heterocycles. The molecule has 0 saturated carbocycles. The molecular formula is C13H8N4S3. The topological polar surface area (TPSA) is 51.6 Å². The van der Waals surface area contributed by atoms with E-state index in [1.54, 1.807) is 0 Å². The highest BCUT2D eigenvalue weighted by atomic mass is 32.1. The Hall–Kier alpha value is -1.57. The molecule has 20 heavy (non-hydrogen) atoms. The van der Waals surface area contributed by atoms with Crippen LogP contribution in [0.15, 0.2) is 29.2 Å². The van der Waals surface area contributed by atoms with Gasteiger partial charge in [-0.25, -0.2) is 0 Å². The number of benzene rings is 2. The third-order valence-corrected chi connectivity index (χ3v) is 4.72. The minimum atomic E-state index is 0.841. The summed E-state index contributed by atoms with van der Waals surface area (Å²) in [4.78, 5) is 0.845. The van der Waals surface area contributed by atoms with E-state index in [4.69, 9.17) is 0 Å². The van der Waals surface area contributed by atoms with Crippen LogP contribution in [-0.2, 0) is 0 Å². The fourth-order valence-corrected chi connectivity index (χ4v) is 3.77. The lowest BCUT2D eigenvalue weighted by molar-refractivity contribution is 1.46. The molecule has 7 heteroatoms. The zero-order valence-electron chi connectivity index (χ0n) is 10.4. The summed E-state index contributed by atoms with van der Waals surface area (Å²) in [5.41, 5.74) is 6.81. The van der Waals surface area contributed by atoms with E-state index >= 15 is 0 Å². The maximum absolute atomic E-state index is 4.44. The molecule has 4 aromatic rings. The molecule has 2 aromatic carbocycles. The third-order valence-electron chi connectivity index (χ3n) is 3.30. The Kier molecular flexibility index (Phi) is 2.73. The number of thiol groups is 1. The van der Waals surface area contributed by atoms with Crippen molar-refractivity contribution in [1.29, 1.82) is 0 Å². The molecule has 0 N–H and O–H groups in total. The highest BCUT2D eigenvalue weighted by Crippen LogP contribution is 2.35. The molecule has 0 aliphatic carbocycles. The number of hydrogen-bond donors (Lipinski definition) is 1. The molecule has 0 radical (unpaired) electrons. The summed E-state index contributed by atoms with van der Waals surface area (Å²) in [5, 5.41) is 0. The van der Waals surface area contributed by atoms with Crippen LogP contribution in [-0.4, -0.2) is 17.5 Å². The Bertz CT molecular complexity index is 863. The van der Waals surface area contributed by atoms with Crippen LogP contribution in [0.5, 0.6) is 0 Å². The Morgan fingerprint density at radius 3 is 2.05 bits per heavy atom. The molecule has 2 heterocycles. The standard InChI is InChI=1S/C13H8N4S3/c1-6-2-3-7(11-10(6)14-19-15-11)8-4-5-9(18)13-12(8)16-20-17-13/h2-5,18H,1H3. The van der Waals surface area contributed by atoms with Crippen molar-refractivity contribution < 1.29 is 0 Å². The summed E-state index contributed by atoms with van der Waals surface area (Å²) in [6.45, 7) is 2.05. The predicted molar refractivity (Wildman–Crippen MR) is 85.8 cm³/mol. The second kappa shape index (κ2) is 4.47. The van der Waals surface area contributed by atoms with Gasteiger partial charge in [0.25, 0.3) is 0 Å². The van der Waals surface area contributed by atoms with Gasteiger partial charge in [0, 0.05) is 16.0 Å². The van der Waals surface area contributed by atoms with Crippen LogP contribution in [0.2, 0.25) is 0 Å². The fourth-order valence-electron chi connectivity index (χ4n) is 2.28. The molecule has 0 aliphatic rings. The molecule has 0 fully saturated rings. The van der Waals surface area contributed by atoms with Crippen molar-refractivity contribution in [2.45, 2.75) is 11.8 Å². The molecule has 4 nitrogen and oxygen atoms in total. The first-order valence-electron chi connectivity index (χ1n) is 5.92. The highest BCUT2D eigenvalue weighted by molar-refractivity contribution is 7.80. The Balaban J connectivity index is 2.12. The number of hydrogen-bond acceptors (Lipinski definition) is 7. The van der Waals surface area contributed by atoms with Gasteiger partial charge in [-0.1, -0.05) is 18.2 Å². The van der Waals surface area contributed by atoms with Gasteiger partial charge in [0.2, 0.25) is 0 Å². The van der Waals surface area contributed by atoms with E-state index in [0.29, 0.717) is 0 Å². The van der Waals surface area contributed by atoms with Gasteiger partial charge in [-0.15, -0.1) is 12.6 Å². The smallest absolute Gasteiger partial charge is 0.118 e. The Morgan fingerprint density at radius 2 is 1.30 bits per heavy atom. The van der Waals surface area contributed by atoms with Crippen molar-refractivity contribution in [1.82, 2.24) is 17.5 Å². The van der Waals surface area contributed by atoms with Crippen LogP contribution >= 0.6 is 36.1 Å². The fraction of sp³-hybridized carbons (Fsp3) is 0.0769. The van der Waals surface area contributed by atoms with E-state index in [1.807, 2.05) is 19.1 Å². The number of nitrogens with zero attached hydrogens (tertiary/aromatic N) is 4. The van der Waals surface area contributed by atoms with Gasteiger partial charge in [-0.3, -0.25) is 0 Å². The molecule has 0 amide bonds. The van der Waals surface area contributed by atoms with Gasteiger partial charge in [0.1, 0.15) is 22.1 Å². The molecule has 4 rings (SSSR count). The van der Waals surface area contributed by atoms with Crippen molar-refractivity contribution in [2.24, 2.45) is 0 Å². The maximum atomic E-state index is 4.44. The summed E-state index contributed by atoms with van der Waals surface area (Å²) in [5.74, 6) is 0. The maximum Gasteiger partial charge on any atom is 0.118 e. The molecule has 98 valence electrons. The van der Waals surface area contributed by atoms with Gasteiger partial charge in [-0.2, -0.15) is 17.5 Å². The summed E-state index contributed by atoms with van der Waals surface area (Å²) in [6.07, 6.45) is 0. The average molecular weight is 316 g/mol. The monoisotopic (exact) mass is 316 g/mol. The van der Waals surface area contributed by atoms with E-state index in [9.17, 15) is 0 Å². The molecule has 0 atom stereocenters. The lowest BCUT2D eigenvalue weighted by atomic mass is 10.0. The summed E-state index contributed by atoms with van der Waals surface area (Å²) < 4.78 is 17.5. The summed E-state index contributed by atoms with van der Waals surface area (Å²) in [7, 11) is 0. The van der Waals surface area contributed by atoms with Crippen molar-refractivity contribution in [3.8, 4) is 11.1 Å². The van der Waals surface area contributed by atoms with Gasteiger partial charge < -0.3 is 0 Å². The van der Waals surface area contributed by atoms with Crippen molar-refractivity contribution in [3.05, 3.63) is 29.8 Å². The SMILES string of the molecule is Cc1ccc(-c2ccc(S)c3nsnc23)c2nsnc12. The first kappa shape index (κ1) is 12.2.